The molecule has 0 radical (unpaired) electrons. The summed E-state index contributed by atoms with van der Waals surface area (Å²) in [7, 11) is 0. The molecule has 0 heterocycles. The van der Waals surface area contributed by atoms with Crippen LogP contribution < -0.4 is 26.8 Å². The molecule has 29 heavy (non-hydrogen) atoms. The monoisotopic (exact) mass is 396 g/mol. The summed E-state index contributed by atoms with van der Waals surface area (Å²) in [6, 6.07) is 14.2. The standard InChI is InChI=1S/C21H28N6O2/c1-3-4-5-14-29-19-12-10-18(11-13-19)25-21(28)24-17-8-6-16(7-9-17)15(2)26-27-20(22)23/h6-13H,3-5,14H2,1-2H3,(H4,22,23,27)(H2,24,25,28)/b26-15+. The number of anilines is 2. The van der Waals surface area contributed by atoms with Crippen LogP contribution in [-0.4, -0.2) is 24.3 Å². The van der Waals surface area contributed by atoms with E-state index in [9.17, 15) is 4.79 Å². The maximum Gasteiger partial charge on any atom is 0.323 e. The molecule has 0 bridgehead atoms. The summed E-state index contributed by atoms with van der Waals surface area (Å²) in [6.07, 6.45) is 3.36. The van der Waals surface area contributed by atoms with E-state index in [1.54, 1.807) is 31.2 Å². The molecule has 0 aliphatic carbocycles. The molecule has 0 aliphatic heterocycles. The van der Waals surface area contributed by atoms with Crippen LogP contribution in [0.3, 0.4) is 0 Å². The number of amides is 2. The highest BCUT2D eigenvalue weighted by molar-refractivity contribution is 6.01. The molecule has 2 aromatic carbocycles. The van der Waals surface area contributed by atoms with Crippen molar-refractivity contribution < 1.29 is 9.53 Å². The normalized spacial score (nSPS) is 10.9. The van der Waals surface area contributed by atoms with Crippen molar-refractivity contribution in [3.8, 4) is 5.75 Å². The van der Waals surface area contributed by atoms with E-state index in [0.29, 0.717) is 23.7 Å². The van der Waals surface area contributed by atoms with Gasteiger partial charge in [0.05, 0.1) is 12.3 Å². The van der Waals surface area contributed by atoms with Crippen LogP contribution in [0.5, 0.6) is 5.75 Å². The number of benzene rings is 2. The van der Waals surface area contributed by atoms with Crippen molar-refractivity contribution in [2.75, 3.05) is 17.2 Å². The molecule has 0 saturated carbocycles. The van der Waals surface area contributed by atoms with Crippen LogP contribution in [0, 0.1) is 0 Å². The van der Waals surface area contributed by atoms with Crippen LogP contribution in [0.1, 0.15) is 38.7 Å². The molecule has 0 unspecified atom stereocenters. The number of nitrogens with zero attached hydrogens (tertiary/aromatic N) is 2. The van der Waals surface area contributed by atoms with E-state index in [4.69, 9.17) is 16.2 Å². The minimum Gasteiger partial charge on any atom is -0.494 e. The summed E-state index contributed by atoms with van der Waals surface area (Å²) < 4.78 is 5.66. The number of nitrogens with two attached hydrogens (primary N) is 2. The first-order valence-electron chi connectivity index (χ1n) is 9.52. The van der Waals surface area contributed by atoms with Crippen LogP contribution in [0.25, 0.3) is 0 Å². The number of carbonyl (C=O) groups is 1. The summed E-state index contributed by atoms with van der Waals surface area (Å²) >= 11 is 0. The molecule has 8 heteroatoms. The molecule has 0 atom stereocenters. The molecular formula is C21H28N6O2. The van der Waals surface area contributed by atoms with Gasteiger partial charge in [0.25, 0.3) is 0 Å². The Morgan fingerprint density at radius 1 is 0.931 bits per heavy atom. The van der Waals surface area contributed by atoms with Gasteiger partial charge in [0, 0.05) is 11.4 Å². The average Bonchev–Trinajstić information content (AvgIpc) is 2.71. The molecular weight excluding hydrogens is 368 g/mol. The zero-order chi connectivity index (χ0) is 21.1. The van der Waals surface area contributed by atoms with Gasteiger partial charge in [0.1, 0.15) is 5.75 Å². The Hall–Kier alpha value is -3.55. The number of carbonyl (C=O) groups excluding carboxylic acids is 1. The number of hydrogen-bond donors (Lipinski definition) is 4. The molecule has 2 amide bonds. The summed E-state index contributed by atoms with van der Waals surface area (Å²) in [5.41, 5.74) is 13.4. The third kappa shape index (κ3) is 7.92. The number of unbranched alkanes of at least 4 members (excludes halogenated alkanes) is 2. The van der Waals surface area contributed by atoms with Gasteiger partial charge < -0.3 is 26.8 Å². The molecule has 8 nitrogen and oxygen atoms in total. The fraction of sp³-hybridized carbons (Fsp3) is 0.286. The highest BCUT2D eigenvalue weighted by atomic mass is 16.5. The molecule has 0 aliphatic rings. The SMILES string of the molecule is CCCCCOc1ccc(NC(=O)Nc2ccc(/C(C)=N/N=C(N)N)cc2)cc1. The second kappa shape index (κ2) is 11.3. The average molecular weight is 396 g/mol. The Morgan fingerprint density at radius 3 is 2.07 bits per heavy atom. The Morgan fingerprint density at radius 2 is 1.52 bits per heavy atom. The Labute approximate surface area is 171 Å². The van der Waals surface area contributed by atoms with Crippen molar-refractivity contribution in [3.63, 3.8) is 0 Å². The van der Waals surface area contributed by atoms with Crippen molar-refractivity contribution in [3.05, 3.63) is 54.1 Å². The zero-order valence-corrected chi connectivity index (χ0v) is 16.8. The van der Waals surface area contributed by atoms with Crippen LogP contribution in [0.2, 0.25) is 0 Å². The quantitative estimate of drug-likeness (QED) is 0.222. The van der Waals surface area contributed by atoms with E-state index in [1.165, 1.54) is 0 Å². The molecule has 0 spiro atoms. The van der Waals surface area contributed by atoms with Gasteiger partial charge in [-0.05, 0) is 55.3 Å². The molecule has 154 valence electrons. The van der Waals surface area contributed by atoms with Crippen molar-refractivity contribution in [1.82, 2.24) is 0 Å². The van der Waals surface area contributed by atoms with Crippen LogP contribution in [-0.2, 0) is 0 Å². The number of ether oxygens (including phenoxy) is 1. The van der Waals surface area contributed by atoms with Crippen LogP contribution in [0.15, 0.2) is 58.7 Å². The summed E-state index contributed by atoms with van der Waals surface area (Å²) in [5.74, 6) is 0.691. The second-order valence-corrected chi connectivity index (χ2v) is 6.45. The minimum absolute atomic E-state index is 0.101. The maximum absolute atomic E-state index is 12.2. The lowest BCUT2D eigenvalue weighted by atomic mass is 10.1. The number of guanidine groups is 1. The molecule has 2 aromatic rings. The van der Waals surface area contributed by atoms with Crippen molar-refractivity contribution in [2.45, 2.75) is 33.1 Å². The fourth-order valence-corrected chi connectivity index (χ4v) is 2.46. The third-order valence-corrected chi connectivity index (χ3v) is 4.00. The lowest BCUT2D eigenvalue weighted by molar-refractivity contribution is 0.262. The highest BCUT2D eigenvalue weighted by Crippen LogP contribution is 2.17. The van der Waals surface area contributed by atoms with Gasteiger partial charge in [-0.3, -0.25) is 0 Å². The summed E-state index contributed by atoms with van der Waals surface area (Å²) in [6.45, 7) is 4.65. The van der Waals surface area contributed by atoms with Gasteiger partial charge in [-0.1, -0.05) is 31.9 Å². The van der Waals surface area contributed by atoms with Gasteiger partial charge in [-0.25, -0.2) is 4.79 Å². The van der Waals surface area contributed by atoms with E-state index in [0.717, 1.165) is 30.6 Å². The third-order valence-electron chi connectivity index (χ3n) is 4.00. The lowest BCUT2D eigenvalue weighted by Gasteiger charge is -2.10. The van der Waals surface area contributed by atoms with Gasteiger partial charge >= 0.3 is 6.03 Å². The van der Waals surface area contributed by atoms with Gasteiger partial charge in [-0.15, -0.1) is 5.10 Å². The van der Waals surface area contributed by atoms with Crippen molar-refractivity contribution in [1.29, 1.82) is 0 Å². The number of hydrogen-bond acceptors (Lipinski definition) is 4. The van der Waals surface area contributed by atoms with Gasteiger partial charge in [-0.2, -0.15) is 5.10 Å². The van der Waals surface area contributed by atoms with Crippen molar-refractivity contribution >= 4 is 29.1 Å². The predicted octanol–water partition coefficient (Wildman–Crippen LogP) is 3.90. The zero-order valence-electron chi connectivity index (χ0n) is 16.8. The van der Waals surface area contributed by atoms with E-state index in [2.05, 4.69) is 27.8 Å². The van der Waals surface area contributed by atoms with Crippen LogP contribution >= 0.6 is 0 Å². The molecule has 0 fully saturated rings. The Balaban J connectivity index is 1.86. The minimum atomic E-state index is -0.333. The summed E-state index contributed by atoms with van der Waals surface area (Å²) in [5, 5.41) is 13.1. The number of nitrogens with one attached hydrogen (secondary N) is 2. The highest BCUT2D eigenvalue weighted by Gasteiger charge is 2.04. The van der Waals surface area contributed by atoms with Crippen molar-refractivity contribution in [2.24, 2.45) is 21.7 Å². The molecule has 0 saturated heterocycles. The van der Waals surface area contributed by atoms with Gasteiger partial charge in [0.15, 0.2) is 0 Å². The Bertz CT molecular complexity index is 840. The molecule has 6 N–H and O–H groups in total. The van der Waals surface area contributed by atoms with Crippen LogP contribution in [0.4, 0.5) is 16.2 Å². The number of rotatable bonds is 9. The molecule has 0 aromatic heterocycles. The smallest absolute Gasteiger partial charge is 0.323 e. The lowest BCUT2D eigenvalue weighted by Crippen LogP contribution is -2.22. The van der Waals surface area contributed by atoms with Gasteiger partial charge in [0.2, 0.25) is 5.96 Å². The predicted molar refractivity (Wildman–Crippen MR) is 119 cm³/mol. The first-order chi connectivity index (χ1) is 14.0. The number of urea groups is 1. The van der Waals surface area contributed by atoms with E-state index >= 15 is 0 Å². The second-order valence-electron chi connectivity index (χ2n) is 6.45. The molecule has 2 rings (SSSR count). The maximum atomic E-state index is 12.2. The largest absolute Gasteiger partial charge is 0.494 e. The van der Waals surface area contributed by atoms with E-state index in [-0.39, 0.29) is 12.0 Å². The topological polar surface area (TPSA) is 127 Å². The van der Waals surface area contributed by atoms with E-state index < -0.39 is 0 Å². The first kappa shape index (κ1) is 21.7. The van der Waals surface area contributed by atoms with E-state index in [1.807, 2.05) is 24.3 Å². The summed E-state index contributed by atoms with van der Waals surface area (Å²) in [4.78, 5) is 12.2. The first-order valence-corrected chi connectivity index (χ1v) is 9.52. The Kier molecular flexibility index (Phi) is 8.50. The fourth-order valence-electron chi connectivity index (χ4n) is 2.46.